The summed E-state index contributed by atoms with van der Waals surface area (Å²) in [6.07, 6.45) is 1.67. The Hall–Kier alpha value is -2.28. The highest BCUT2D eigenvalue weighted by molar-refractivity contribution is 5.88. The molecule has 0 bridgehead atoms. The lowest BCUT2D eigenvalue weighted by molar-refractivity contribution is -0.428. The van der Waals surface area contributed by atoms with E-state index < -0.39 is 0 Å². The van der Waals surface area contributed by atoms with Crippen molar-refractivity contribution in [2.75, 3.05) is 7.05 Å². The van der Waals surface area contributed by atoms with Crippen LogP contribution < -0.4 is 0 Å². The van der Waals surface area contributed by atoms with Crippen molar-refractivity contribution >= 4 is 16.6 Å². The van der Waals surface area contributed by atoms with Crippen molar-refractivity contribution in [1.82, 2.24) is 4.98 Å². The molecule has 0 atom stereocenters. The maximum Gasteiger partial charge on any atom is 0.212 e. The van der Waals surface area contributed by atoms with Gasteiger partial charge in [-0.2, -0.15) is 5.26 Å². The van der Waals surface area contributed by atoms with Gasteiger partial charge in [0.25, 0.3) is 0 Å². The number of hydrogen-bond donors (Lipinski definition) is 0. The topological polar surface area (TPSA) is 62.0 Å². The molecular weight excluding hydrogens is 188 g/mol. The van der Waals surface area contributed by atoms with Gasteiger partial charge < -0.3 is 5.53 Å². The first-order valence-electron chi connectivity index (χ1n) is 4.44. The van der Waals surface area contributed by atoms with Crippen LogP contribution in [0.15, 0.2) is 30.5 Å². The zero-order valence-electron chi connectivity index (χ0n) is 8.18. The standard InChI is InChI=1S/C11H8N4/c1-15(13)11-5-4-10-8(9(11)7-12)3-2-6-14-10/h2-6H,1H3. The largest absolute Gasteiger partial charge is 0.500 e. The molecule has 4 heteroatoms. The molecule has 0 aliphatic heterocycles. The van der Waals surface area contributed by atoms with Crippen LogP contribution in [0.3, 0.4) is 0 Å². The Labute approximate surface area is 86.9 Å². The fraction of sp³-hybridized carbons (Fsp3) is 0.0909. The van der Waals surface area contributed by atoms with Crippen molar-refractivity contribution in [1.29, 1.82) is 5.26 Å². The predicted molar refractivity (Wildman–Crippen MR) is 55.7 cm³/mol. The molecule has 0 unspecified atom stereocenters. The number of nitrogens with zero attached hydrogens (tertiary/aromatic N) is 4. The molecule has 1 heterocycles. The average molecular weight is 196 g/mol. The molecular formula is C11H8N4. The number of fused-ring (bicyclic) bond motifs is 1. The van der Waals surface area contributed by atoms with Crippen LogP contribution in [0, 0.1) is 11.3 Å². The Morgan fingerprint density at radius 1 is 1.40 bits per heavy atom. The van der Waals surface area contributed by atoms with Gasteiger partial charge in [-0.1, -0.05) is 0 Å². The lowest BCUT2D eigenvalue weighted by atomic mass is 10.1. The minimum absolute atomic E-state index is 0.436. The van der Waals surface area contributed by atoms with Gasteiger partial charge in [-0.05, 0) is 18.2 Å². The molecule has 2 aromatic rings. The SMILES string of the molecule is C[N+](=[N-])c1ccc2ncccc2c1C#N. The highest BCUT2D eigenvalue weighted by atomic mass is 15.1. The highest BCUT2D eigenvalue weighted by Gasteiger charge is 2.11. The van der Waals surface area contributed by atoms with Gasteiger partial charge in [0.05, 0.1) is 5.52 Å². The van der Waals surface area contributed by atoms with Crippen molar-refractivity contribution in [3.05, 3.63) is 41.6 Å². The van der Waals surface area contributed by atoms with Crippen LogP contribution in [0.2, 0.25) is 0 Å². The monoisotopic (exact) mass is 196 g/mol. The number of aromatic nitrogens is 1. The molecule has 15 heavy (non-hydrogen) atoms. The van der Waals surface area contributed by atoms with E-state index in [-0.39, 0.29) is 0 Å². The molecule has 0 N–H and O–H groups in total. The Morgan fingerprint density at radius 2 is 2.20 bits per heavy atom. The Morgan fingerprint density at radius 3 is 2.87 bits per heavy atom. The Balaban J connectivity index is 2.89. The smallest absolute Gasteiger partial charge is 0.212 e. The van der Waals surface area contributed by atoms with Gasteiger partial charge in [0.1, 0.15) is 18.7 Å². The summed E-state index contributed by atoms with van der Waals surface area (Å²) in [5, 5.41) is 9.80. The first kappa shape index (κ1) is 9.28. The minimum atomic E-state index is 0.436. The molecule has 0 saturated carbocycles. The molecule has 4 nitrogen and oxygen atoms in total. The van der Waals surface area contributed by atoms with Crippen molar-refractivity contribution in [2.45, 2.75) is 0 Å². The van der Waals surface area contributed by atoms with Gasteiger partial charge in [-0.25, -0.2) is 0 Å². The second kappa shape index (κ2) is 3.46. The molecule has 1 aromatic carbocycles. The molecule has 0 saturated heterocycles. The second-order valence-corrected chi connectivity index (χ2v) is 3.17. The zero-order valence-corrected chi connectivity index (χ0v) is 8.18. The van der Waals surface area contributed by atoms with Crippen molar-refractivity contribution in [3.8, 4) is 6.07 Å². The number of hydrogen-bond acceptors (Lipinski definition) is 2. The molecule has 1 aromatic heterocycles. The summed E-state index contributed by atoms with van der Waals surface area (Å²) < 4.78 is 0.936. The van der Waals surface area contributed by atoms with Crippen LogP contribution >= 0.6 is 0 Å². The molecule has 72 valence electrons. The van der Waals surface area contributed by atoms with E-state index in [1.165, 1.54) is 7.05 Å². The third kappa shape index (κ3) is 1.44. The fourth-order valence-electron chi connectivity index (χ4n) is 1.53. The summed E-state index contributed by atoms with van der Waals surface area (Å²) in [4.78, 5) is 4.14. The molecule has 0 radical (unpaired) electrons. The summed E-state index contributed by atoms with van der Waals surface area (Å²) in [5.74, 6) is 0. The third-order valence-corrected chi connectivity index (χ3v) is 2.22. The molecule has 0 spiro atoms. The van der Waals surface area contributed by atoms with E-state index >= 15 is 0 Å². The Kier molecular flexibility index (Phi) is 2.14. The van der Waals surface area contributed by atoms with Crippen molar-refractivity contribution < 1.29 is 4.70 Å². The van der Waals surface area contributed by atoms with Gasteiger partial charge in [0.15, 0.2) is 0 Å². The van der Waals surface area contributed by atoms with Gasteiger partial charge in [0.2, 0.25) is 5.69 Å². The van der Waals surface area contributed by atoms with E-state index in [9.17, 15) is 5.53 Å². The van der Waals surface area contributed by atoms with Crippen molar-refractivity contribution in [2.24, 2.45) is 0 Å². The summed E-state index contributed by atoms with van der Waals surface area (Å²) in [6, 6.07) is 9.11. The quantitative estimate of drug-likeness (QED) is 0.519. The minimum Gasteiger partial charge on any atom is -0.500 e. The van der Waals surface area contributed by atoms with Gasteiger partial charge >= 0.3 is 0 Å². The van der Waals surface area contributed by atoms with Crippen LogP contribution in [0.1, 0.15) is 5.56 Å². The summed E-state index contributed by atoms with van der Waals surface area (Å²) in [5.41, 5.74) is 11.0. The zero-order chi connectivity index (χ0) is 10.8. The van der Waals surface area contributed by atoms with E-state index in [1.807, 2.05) is 6.07 Å². The molecule has 0 aliphatic carbocycles. The van der Waals surface area contributed by atoms with E-state index in [4.69, 9.17) is 5.26 Å². The molecule has 0 fully saturated rings. The lowest BCUT2D eigenvalue weighted by Crippen LogP contribution is -1.94. The predicted octanol–water partition coefficient (Wildman–Crippen LogP) is 2.40. The van der Waals surface area contributed by atoms with E-state index in [1.54, 1.807) is 24.4 Å². The van der Waals surface area contributed by atoms with Crippen LogP contribution in [0.25, 0.3) is 16.4 Å². The normalized spacial score (nSPS) is 9.87. The molecule has 0 aliphatic rings. The fourth-order valence-corrected chi connectivity index (χ4v) is 1.53. The Bertz CT molecular complexity index is 581. The third-order valence-electron chi connectivity index (χ3n) is 2.22. The maximum atomic E-state index is 9.36. The number of rotatable bonds is 1. The van der Waals surface area contributed by atoms with E-state index in [2.05, 4.69) is 11.1 Å². The average Bonchev–Trinajstić information content (AvgIpc) is 2.27. The summed E-state index contributed by atoms with van der Waals surface area (Å²) in [7, 11) is 1.48. The lowest BCUT2D eigenvalue weighted by Gasteiger charge is -2.04. The maximum absolute atomic E-state index is 9.36. The highest BCUT2D eigenvalue weighted by Crippen LogP contribution is 2.25. The summed E-state index contributed by atoms with van der Waals surface area (Å²) in [6.45, 7) is 0. The number of benzene rings is 1. The molecule has 2 rings (SSSR count). The van der Waals surface area contributed by atoms with E-state index in [0.717, 1.165) is 15.6 Å². The summed E-state index contributed by atoms with van der Waals surface area (Å²) >= 11 is 0. The van der Waals surface area contributed by atoms with Crippen LogP contribution in [0.4, 0.5) is 5.69 Å². The first-order valence-corrected chi connectivity index (χ1v) is 4.44. The van der Waals surface area contributed by atoms with Gasteiger partial charge in [-0.15, -0.1) is 0 Å². The number of nitriles is 1. The van der Waals surface area contributed by atoms with Gasteiger partial charge in [-0.3, -0.25) is 9.68 Å². The van der Waals surface area contributed by atoms with Crippen LogP contribution in [0.5, 0.6) is 0 Å². The number of pyridine rings is 1. The van der Waals surface area contributed by atoms with E-state index in [0.29, 0.717) is 11.3 Å². The molecule has 0 amide bonds. The van der Waals surface area contributed by atoms with Crippen LogP contribution in [-0.4, -0.2) is 16.7 Å². The second-order valence-electron chi connectivity index (χ2n) is 3.17. The van der Waals surface area contributed by atoms with Gasteiger partial charge in [0, 0.05) is 17.6 Å². The van der Waals surface area contributed by atoms with Crippen LogP contribution in [-0.2, 0) is 0 Å². The van der Waals surface area contributed by atoms with Crippen molar-refractivity contribution in [3.63, 3.8) is 0 Å². The first-order chi connectivity index (χ1) is 7.24.